The topological polar surface area (TPSA) is 73.6 Å². The average molecular weight is 262 g/mol. The molecule has 0 saturated carbocycles. The van der Waals surface area contributed by atoms with Crippen molar-refractivity contribution < 1.29 is 14.3 Å². The molecule has 1 aliphatic heterocycles. The number of nitrogens with two attached hydrogens (primary N) is 1. The Morgan fingerprint density at radius 3 is 3.11 bits per heavy atom. The van der Waals surface area contributed by atoms with Gasteiger partial charge in [0, 0.05) is 0 Å². The van der Waals surface area contributed by atoms with Gasteiger partial charge in [0.1, 0.15) is 18.0 Å². The fraction of sp³-hybridized carbons (Fsp3) is 0.357. The van der Waals surface area contributed by atoms with Crippen molar-refractivity contribution in [2.75, 3.05) is 24.8 Å². The first kappa shape index (κ1) is 13.3. The molecule has 0 spiro atoms. The third-order valence-corrected chi connectivity index (χ3v) is 3.00. The Kier molecular flexibility index (Phi) is 3.94. The number of rotatable bonds is 3. The number of benzene rings is 1. The molecular weight excluding hydrogens is 244 g/mol. The predicted octanol–water partition coefficient (Wildman–Crippen LogP) is 2.19. The molecule has 1 aliphatic rings. The summed E-state index contributed by atoms with van der Waals surface area (Å²) in [5, 5.41) is 3.33. The van der Waals surface area contributed by atoms with Crippen LogP contribution in [0.5, 0.6) is 5.75 Å². The molecule has 1 unspecified atom stereocenters. The molecule has 5 heteroatoms. The van der Waals surface area contributed by atoms with E-state index in [1.807, 2.05) is 13.0 Å². The van der Waals surface area contributed by atoms with E-state index in [2.05, 4.69) is 16.1 Å². The minimum Gasteiger partial charge on any atom is -0.489 e. The highest BCUT2D eigenvalue weighted by Gasteiger charge is 2.22. The van der Waals surface area contributed by atoms with E-state index in [0.717, 1.165) is 12.1 Å². The molecule has 0 aliphatic carbocycles. The maximum absolute atomic E-state index is 11.5. The summed E-state index contributed by atoms with van der Waals surface area (Å²) in [4.78, 5) is 11.5. The molecule has 1 atom stereocenters. The number of hydrogen-bond acceptors (Lipinski definition) is 5. The molecule has 19 heavy (non-hydrogen) atoms. The molecule has 0 fully saturated rings. The van der Waals surface area contributed by atoms with Crippen molar-refractivity contribution >= 4 is 17.3 Å². The Hall–Kier alpha value is -2.17. The summed E-state index contributed by atoms with van der Waals surface area (Å²) in [5.74, 6) is 0.172. The van der Waals surface area contributed by atoms with E-state index in [9.17, 15) is 4.79 Å². The van der Waals surface area contributed by atoms with Crippen LogP contribution < -0.4 is 15.8 Å². The SMILES string of the molecule is CC=CCC1COc2cc(C(=O)OC)cc(N)c2N1. The number of nitrogen functional groups attached to an aromatic ring is 1. The van der Waals surface area contributed by atoms with E-state index in [4.69, 9.17) is 10.5 Å². The van der Waals surface area contributed by atoms with Crippen LogP contribution in [-0.4, -0.2) is 25.7 Å². The monoisotopic (exact) mass is 262 g/mol. The number of esters is 1. The van der Waals surface area contributed by atoms with E-state index in [1.54, 1.807) is 12.1 Å². The van der Waals surface area contributed by atoms with Crippen LogP contribution in [0.1, 0.15) is 23.7 Å². The van der Waals surface area contributed by atoms with Crippen molar-refractivity contribution in [2.45, 2.75) is 19.4 Å². The summed E-state index contributed by atoms with van der Waals surface area (Å²) in [5.41, 5.74) is 7.59. The number of methoxy groups -OCH3 is 1. The second-order valence-corrected chi connectivity index (χ2v) is 4.39. The van der Waals surface area contributed by atoms with Gasteiger partial charge in [0.25, 0.3) is 0 Å². The lowest BCUT2D eigenvalue weighted by Crippen LogP contribution is -2.31. The van der Waals surface area contributed by atoms with E-state index in [0.29, 0.717) is 23.6 Å². The van der Waals surface area contributed by atoms with Crippen LogP contribution in [0.2, 0.25) is 0 Å². The standard InChI is InChI=1S/C14H18N2O3/c1-3-4-5-10-8-19-12-7-9(14(17)18-2)6-11(15)13(12)16-10/h3-4,6-7,10,16H,5,8,15H2,1-2H3. The van der Waals surface area contributed by atoms with E-state index in [1.165, 1.54) is 7.11 Å². The van der Waals surface area contributed by atoms with Gasteiger partial charge >= 0.3 is 5.97 Å². The second kappa shape index (κ2) is 5.65. The smallest absolute Gasteiger partial charge is 0.338 e. The summed E-state index contributed by atoms with van der Waals surface area (Å²) in [6.07, 6.45) is 4.94. The number of nitrogens with one attached hydrogen (secondary N) is 1. The van der Waals surface area contributed by atoms with Crippen LogP contribution in [0.3, 0.4) is 0 Å². The molecule has 1 aromatic carbocycles. The molecule has 102 valence electrons. The zero-order valence-corrected chi connectivity index (χ0v) is 11.1. The van der Waals surface area contributed by atoms with Crippen molar-refractivity contribution in [1.82, 2.24) is 0 Å². The number of carbonyl (C=O) groups excluding carboxylic acids is 1. The number of fused-ring (bicyclic) bond motifs is 1. The van der Waals surface area contributed by atoms with Gasteiger partial charge in [0.2, 0.25) is 0 Å². The van der Waals surface area contributed by atoms with Crippen molar-refractivity contribution in [3.8, 4) is 5.75 Å². The molecule has 0 saturated heterocycles. The van der Waals surface area contributed by atoms with Crippen LogP contribution in [0.4, 0.5) is 11.4 Å². The van der Waals surface area contributed by atoms with Gasteiger partial charge in [-0.1, -0.05) is 12.2 Å². The maximum atomic E-state index is 11.5. The lowest BCUT2D eigenvalue weighted by Gasteiger charge is -2.28. The van der Waals surface area contributed by atoms with Gasteiger partial charge in [-0.05, 0) is 25.5 Å². The van der Waals surface area contributed by atoms with Gasteiger partial charge in [-0.15, -0.1) is 0 Å². The lowest BCUT2D eigenvalue weighted by atomic mass is 10.1. The zero-order chi connectivity index (χ0) is 13.8. The first-order chi connectivity index (χ1) is 9.15. The van der Waals surface area contributed by atoms with E-state index in [-0.39, 0.29) is 6.04 Å². The van der Waals surface area contributed by atoms with Crippen LogP contribution in [0.15, 0.2) is 24.3 Å². The molecule has 0 amide bonds. The van der Waals surface area contributed by atoms with Gasteiger partial charge in [-0.2, -0.15) is 0 Å². The minimum atomic E-state index is -0.422. The Balaban J connectivity index is 2.24. The Morgan fingerprint density at radius 2 is 2.42 bits per heavy atom. The lowest BCUT2D eigenvalue weighted by molar-refractivity contribution is 0.0600. The summed E-state index contributed by atoms with van der Waals surface area (Å²) in [6.45, 7) is 2.52. The molecule has 1 heterocycles. The van der Waals surface area contributed by atoms with Crippen molar-refractivity contribution in [1.29, 1.82) is 0 Å². The zero-order valence-electron chi connectivity index (χ0n) is 11.1. The highest BCUT2D eigenvalue weighted by molar-refractivity contribution is 5.93. The largest absolute Gasteiger partial charge is 0.489 e. The first-order valence-corrected chi connectivity index (χ1v) is 6.18. The minimum absolute atomic E-state index is 0.190. The maximum Gasteiger partial charge on any atom is 0.338 e. The van der Waals surface area contributed by atoms with Gasteiger partial charge < -0.3 is 20.5 Å². The van der Waals surface area contributed by atoms with Crippen LogP contribution in [0.25, 0.3) is 0 Å². The highest BCUT2D eigenvalue weighted by atomic mass is 16.5. The van der Waals surface area contributed by atoms with Gasteiger partial charge in [-0.25, -0.2) is 4.79 Å². The van der Waals surface area contributed by atoms with Gasteiger partial charge in [0.15, 0.2) is 0 Å². The van der Waals surface area contributed by atoms with E-state index >= 15 is 0 Å². The number of ether oxygens (including phenoxy) is 2. The summed E-state index contributed by atoms with van der Waals surface area (Å²) < 4.78 is 10.3. The fourth-order valence-corrected chi connectivity index (χ4v) is 2.00. The molecule has 1 aromatic rings. The van der Waals surface area contributed by atoms with Crippen molar-refractivity contribution in [3.63, 3.8) is 0 Å². The van der Waals surface area contributed by atoms with Crippen LogP contribution in [-0.2, 0) is 4.74 Å². The highest BCUT2D eigenvalue weighted by Crippen LogP contribution is 2.36. The van der Waals surface area contributed by atoms with Crippen molar-refractivity contribution in [2.24, 2.45) is 0 Å². The second-order valence-electron chi connectivity index (χ2n) is 4.39. The summed E-state index contributed by atoms with van der Waals surface area (Å²) in [6, 6.07) is 3.44. The molecular formula is C14H18N2O3. The van der Waals surface area contributed by atoms with Gasteiger partial charge in [0.05, 0.1) is 24.4 Å². The molecule has 0 aromatic heterocycles. The normalized spacial score (nSPS) is 17.5. The van der Waals surface area contributed by atoms with Crippen LogP contribution >= 0.6 is 0 Å². The Labute approximate surface area is 112 Å². The Bertz CT molecular complexity index is 512. The molecule has 5 nitrogen and oxygen atoms in total. The molecule has 0 bridgehead atoms. The number of carbonyl (C=O) groups is 1. The number of hydrogen-bond donors (Lipinski definition) is 2. The summed E-state index contributed by atoms with van der Waals surface area (Å²) >= 11 is 0. The molecule has 0 radical (unpaired) electrons. The Morgan fingerprint density at radius 1 is 1.63 bits per heavy atom. The predicted molar refractivity (Wildman–Crippen MR) is 74.5 cm³/mol. The van der Waals surface area contributed by atoms with Gasteiger partial charge in [-0.3, -0.25) is 0 Å². The summed E-state index contributed by atoms with van der Waals surface area (Å²) in [7, 11) is 1.34. The third kappa shape index (κ3) is 2.81. The first-order valence-electron chi connectivity index (χ1n) is 6.18. The van der Waals surface area contributed by atoms with Crippen LogP contribution in [0, 0.1) is 0 Å². The molecule has 3 N–H and O–H groups in total. The number of anilines is 2. The quantitative estimate of drug-likeness (QED) is 0.496. The molecule has 2 rings (SSSR count). The fourth-order valence-electron chi connectivity index (χ4n) is 2.00. The number of allylic oxidation sites excluding steroid dienone is 1. The van der Waals surface area contributed by atoms with Crippen molar-refractivity contribution in [3.05, 3.63) is 29.8 Å². The van der Waals surface area contributed by atoms with E-state index < -0.39 is 5.97 Å². The third-order valence-electron chi connectivity index (χ3n) is 3.00. The average Bonchev–Trinajstić information content (AvgIpc) is 2.44.